The van der Waals surface area contributed by atoms with E-state index in [1.54, 1.807) is 11.3 Å². The molecular formula is C10H5Br2NS. The topological polar surface area (TPSA) is 23.8 Å². The molecular weight excluding hydrogens is 326 g/mol. The van der Waals surface area contributed by atoms with Crippen LogP contribution in [0.4, 0.5) is 0 Å². The average molecular weight is 331 g/mol. The number of benzene rings is 1. The Morgan fingerprint density at radius 2 is 2.21 bits per heavy atom. The van der Waals surface area contributed by atoms with E-state index in [1.807, 2.05) is 12.1 Å². The molecule has 1 aromatic carbocycles. The summed E-state index contributed by atoms with van der Waals surface area (Å²) >= 11 is 8.58. The summed E-state index contributed by atoms with van der Waals surface area (Å²) in [6.07, 6.45) is 0. The molecule has 0 unspecified atom stereocenters. The van der Waals surface area contributed by atoms with Crippen molar-refractivity contribution in [2.24, 2.45) is 0 Å². The van der Waals surface area contributed by atoms with E-state index in [0.717, 1.165) is 25.5 Å². The van der Waals surface area contributed by atoms with Gasteiger partial charge in [0.05, 0.1) is 16.3 Å². The van der Waals surface area contributed by atoms with E-state index in [0.29, 0.717) is 0 Å². The van der Waals surface area contributed by atoms with E-state index in [4.69, 9.17) is 5.26 Å². The first kappa shape index (κ1) is 10.2. The van der Waals surface area contributed by atoms with Crippen molar-refractivity contribution >= 4 is 53.3 Å². The van der Waals surface area contributed by atoms with Crippen molar-refractivity contribution in [3.05, 3.63) is 33.1 Å². The van der Waals surface area contributed by atoms with Gasteiger partial charge >= 0.3 is 0 Å². The highest BCUT2D eigenvalue weighted by Crippen LogP contribution is 2.35. The van der Waals surface area contributed by atoms with Gasteiger partial charge in [0, 0.05) is 15.2 Å². The lowest BCUT2D eigenvalue weighted by atomic mass is 10.1. The summed E-state index contributed by atoms with van der Waals surface area (Å²) in [5, 5.41) is 12.9. The van der Waals surface area contributed by atoms with Crippen molar-refractivity contribution in [3.8, 4) is 6.07 Å². The maximum Gasteiger partial charge on any atom is 0.0998 e. The second-order valence-corrected chi connectivity index (χ2v) is 5.10. The molecule has 70 valence electrons. The number of halogens is 2. The summed E-state index contributed by atoms with van der Waals surface area (Å²) in [4.78, 5) is 0. The Bertz CT molecular complexity index is 525. The Hall–Kier alpha value is -0.370. The van der Waals surface area contributed by atoms with Crippen LogP contribution in [0.25, 0.3) is 10.1 Å². The van der Waals surface area contributed by atoms with Gasteiger partial charge in [-0.15, -0.1) is 11.3 Å². The summed E-state index contributed by atoms with van der Waals surface area (Å²) in [7, 11) is 0. The molecule has 2 aromatic rings. The fourth-order valence-electron chi connectivity index (χ4n) is 1.37. The molecule has 0 aliphatic carbocycles. The molecule has 1 nitrogen and oxygen atoms in total. The van der Waals surface area contributed by atoms with Crippen LogP contribution < -0.4 is 0 Å². The fraction of sp³-hybridized carbons (Fsp3) is 0.100. The number of hydrogen-bond donors (Lipinski definition) is 0. The second-order valence-electron chi connectivity index (χ2n) is 2.81. The Balaban J connectivity index is 2.90. The molecule has 1 heterocycles. The quantitative estimate of drug-likeness (QED) is 0.709. The van der Waals surface area contributed by atoms with E-state index in [-0.39, 0.29) is 0 Å². The third-order valence-electron chi connectivity index (χ3n) is 2.01. The third-order valence-corrected chi connectivity index (χ3v) is 4.60. The van der Waals surface area contributed by atoms with E-state index in [2.05, 4.69) is 43.3 Å². The summed E-state index contributed by atoms with van der Waals surface area (Å²) in [6.45, 7) is 0. The van der Waals surface area contributed by atoms with Crippen LogP contribution in [0.15, 0.2) is 22.0 Å². The Morgan fingerprint density at radius 3 is 2.86 bits per heavy atom. The van der Waals surface area contributed by atoms with E-state index in [1.165, 1.54) is 5.56 Å². The van der Waals surface area contributed by atoms with E-state index in [9.17, 15) is 0 Å². The second kappa shape index (κ2) is 4.01. The molecule has 0 bridgehead atoms. The maximum atomic E-state index is 8.99. The summed E-state index contributed by atoms with van der Waals surface area (Å²) < 4.78 is 2.21. The van der Waals surface area contributed by atoms with Gasteiger partial charge in [-0.2, -0.15) is 5.26 Å². The first-order valence-electron chi connectivity index (χ1n) is 3.92. The number of fused-ring (bicyclic) bond motifs is 1. The van der Waals surface area contributed by atoms with Crippen molar-refractivity contribution in [2.75, 3.05) is 0 Å². The molecule has 4 heteroatoms. The van der Waals surface area contributed by atoms with Crippen LogP contribution in [0.3, 0.4) is 0 Å². The number of alkyl halides is 1. The molecule has 1 aromatic heterocycles. The van der Waals surface area contributed by atoms with Crippen molar-refractivity contribution in [1.82, 2.24) is 0 Å². The molecule has 0 amide bonds. The SMILES string of the molecule is N#Cc1ccc(Br)c2scc(CBr)c12. The molecule has 2 rings (SSSR count). The predicted molar refractivity (Wildman–Crippen MR) is 66.9 cm³/mol. The predicted octanol–water partition coefficient (Wildman–Crippen LogP) is 4.43. The van der Waals surface area contributed by atoms with Crippen LogP contribution in [0.1, 0.15) is 11.1 Å². The lowest BCUT2D eigenvalue weighted by molar-refractivity contribution is 1.48. The third kappa shape index (κ3) is 1.50. The maximum absolute atomic E-state index is 8.99. The van der Waals surface area contributed by atoms with Gasteiger partial charge in [-0.3, -0.25) is 0 Å². The first-order chi connectivity index (χ1) is 6.77. The summed E-state index contributed by atoms with van der Waals surface area (Å²) in [5.41, 5.74) is 1.93. The highest BCUT2D eigenvalue weighted by atomic mass is 79.9. The van der Waals surface area contributed by atoms with Crippen molar-refractivity contribution in [1.29, 1.82) is 5.26 Å². The standard InChI is InChI=1S/C10H5Br2NS/c11-3-7-5-14-10-8(12)2-1-6(4-13)9(7)10/h1-2,5H,3H2. The Morgan fingerprint density at radius 1 is 1.43 bits per heavy atom. The molecule has 0 N–H and O–H groups in total. The Labute approximate surface area is 103 Å². The van der Waals surface area contributed by atoms with E-state index < -0.39 is 0 Å². The van der Waals surface area contributed by atoms with Crippen LogP contribution in [-0.4, -0.2) is 0 Å². The minimum Gasteiger partial charge on any atom is -0.192 e. The van der Waals surface area contributed by atoms with Gasteiger partial charge in [0.2, 0.25) is 0 Å². The highest BCUT2D eigenvalue weighted by molar-refractivity contribution is 9.10. The minimum absolute atomic E-state index is 0.749. The number of thiophene rings is 1. The van der Waals surface area contributed by atoms with Gasteiger partial charge < -0.3 is 0 Å². The molecule has 0 saturated carbocycles. The normalized spacial score (nSPS) is 10.4. The molecule has 0 spiro atoms. The zero-order valence-electron chi connectivity index (χ0n) is 7.05. The average Bonchev–Trinajstić information content (AvgIpc) is 2.63. The number of nitriles is 1. The van der Waals surface area contributed by atoms with Gasteiger partial charge in [0.15, 0.2) is 0 Å². The van der Waals surface area contributed by atoms with Crippen molar-refractivity contribution < 1.29 is 0 Å². The number of nitrogens with zero attached hydrogens (tertiary/aromatic N) is 1. The zero-order chi connectivity index (χ0) is 10.1. The largest absolute Gasteiger partial charge is 0.192 e. The van der Waals surface area contributed by atoms with Gasteiger partial charge in [-0.25, -0.2) is 0 Å². The van der Waals surface area contributed by atoms with Crippen LogP contribution in [0.5, 0.6) is 0 Å². The van der Waals surface area contributed by atoms with Crippen molar-refractivity contribution in [3.63, 3.8) is 0 Å². The molecule has 14 heavy (non-hydrogen) atoms. The zero-order valence-corrected chi connectivity index (χ0v) is 11.0. The van der Waals surface area contributed by atoms with Gasteiger partial charge in [-0.05, 0) is 39.0 Å². The summed E-state index contributed by atoms with van der Waals surface area (Å²) in [5.74, 6) is 0. The van der Waals surface area contributed by atoms with Crippen LogP contribution in [-0.2, 0) is 5.33 Å². The van der Waals surface area contributed by atoms with Gasteiger partial charge in [-0.1, -0.05) is 15.9 Å². The number of rotatable bonds is 1. The smallest absolute Gasteiger partial charge is 0.0998 e. The summed E-state index contributed by atoms with van der Waals surface area (Å²) in [6, 6.07) is 6.00. The van der Waals surface area contributed by atoms with Crippen LogP contribution in [0, 0.1) is 11.3 Å². The monoisotopic (exact) mass is 329 g/mol. The molecule has 0 radical (unpaired) electrons. The minimum atomic E-state index is 0.749. The molecule has 0 saturated heterocycles. The van der Waals surface area contributed by atoms with Gasteiger partial charge in [0.25, 0.3) is 0 Å². The van der Waals surface area contributed by atoms with Crippen LogP contribution in [0.2, 0.25) is 0 Å². The lowest BCUT2D eigenvalue weighted by Crippen LogP contribution is -1.80. The molecule has 0 aliphatic rings. The van der Waals surface area contributed by atoms with Gasteiger partial charge in [0.1, 0.15) is 0 Å². The molecule has 0 fully saturated rings. The van der Waals surface area contributed by atoms with E-state index >= 15 is 0 Å². The fourth-order valence-corrected chi connectivity index (χ4v) is 3.64. The molecule has 0 aliphatic heterocycles. The number of hydrogen-bond acceptors (Lipinski definition) is 2. The highest BCUT2D eigenvalue weighted by Gasteiger charge is 2.10. The lowest BCUT2D eigenvalue weighted by Gasteiger charge is -1.98. The van der Waals surface area contributed by atoms with Crippen LogP contribution >= 0.6 is 43.2 Å². The first-order valence-corrected chi connectivity index (χ1v) is 6.72. The Kier molecular flexibility index (Phi) is 2.91. The van der Waals surface area contributed by atoms with Crippen molar-refractivity contribution in [2.45, 2.75) is 5.33 Å². The molecule has 0 atom stereocenters.